The van der Waals surface area contributed by atoms with Crippen molar-refractivity contribution in [1.29, 1.82) is 0 Å². The highest BCUT2D eigenvalue weighted by molar-refractivity contribution is 5.85. The van der Waals surface area contributed by atoms with E-state index in [0.717, 1.165) is 31.0 Å². The van der Waals surface area contributed by atoms with Gasteiger partial charge in [-0.1, -0.05) is 6.92 Å². The number of methoxy groups -OCH3 is 2. The molecule has 126 valence electrons. The molecule has 1 aromatic carbocycles. The topological polar surface area (TPSA) is 33.7 Å². The van der Waals surface area contributed by atoms with Crippen molar-refractivity contribution in [2.75, 3.05) is 32.2 Å². The maximum atomic E-state index is 5.46. The van der Waals surface area contributed by atoms with Crippen molar-refractivity contribution < 1.29 is 9.47 Å². The number of nitrogens with one attached hydrogen (secondary N) is 1. The van der Waals surface area contributed by atoms with Gasteiger partial charge in [0.25, 0.3) is 0 Å². The summed E-state index contributed by atoms with van der Waals surface area (Å²) in [7, 11) is 3.37. The summed E-state index contributed by atoms with van der Waals surface area (Å²) in [4.78, 5) is 2.56. The Morgan fingerprint density at radius 1 is 1.18 bits per heavy atom. The summed E-state index contributed by atoms with van der Waals surface area (Å²) in [6.45, 7) is 6.76. The highest BCUT2D eigenvalue weighted by atomic mass is 35.5. The highest BCUT2D eigenvalue weighted by Gasteiger charge is 2.25. The van der Waals surface area contributed by atoms with Gasteiger partial charge in [0.2, 0.25) is 0 Å². The number of hydrogen-bond donors (Lipinski definition) is 1. The van der Waals surface area contributed by atoms with Crippen LogP contribution in [0.5, 0.6) is 11.5 Å². The van der Waals surface area contributed by atoms with Gasteiger partial charge in [-0.2, -0.15) is 0 Å². The normalized spacial score (nSPS) is 16.5. The molecule has 1 fully saturated rings. The van der Waals surface area contributed by atoms with Gasteiger partial charge in [0, 0.05) is 23.8 Å². The van der Waals surface area contributed by atoms with Crippen LogP contribution in [0, 0.1) is 0 Å². The summed E-state index contributed by atoms with van der Waals surface area (Å²) >= 11 is 0. The summed E-state index contributed by atoms with van der Waals surface area (Å²) in [6, 6.07) is 7.37. The molecule has 0 aliphatic carbocycles. The SMILES string of the molecule is CCC(C)N(c1ccc(OC)c(OC)c1)C1CCNCC1.Cl. The van der Waals surface area contributed by atoms with Crippen molar-refractivity contribution in [1.82, 2.24) is 5.32 Å². The number of anilines is 1. The summed E-state index contributed by atoms with van der Waals surface area (Å²) in [6.07, 6.45) is 3.52. The zero-order valence-corrected chi connectivity index (χ0v) is 14.9. The second-order valence-corrected chi connectivity index (χ2v) is 5.68. The second kappa shape index (κ2) is 9.11. The molecule has 1 aliphatic heterocycles. The maximum absolute atomic E-state index is 5.46. The molecule has 0 aromatic heterocycles. The summed E-state index contributed by atoms with van der Waals surface area (Å²) < 4.78 is 10.8. The third kappa shape index (κ3) is 4.20. The molecular formula is C17H29ClN2O2. The van der Waals surface area contributed by atoms with Crippen LogP contribution in [0.1, 0.15) is 33.1 Å². The van der Waals surface area contributed by atoms with E-state index in [1.807, 2.05) is 6.07 Å². The minimum Gasteiger partial charge on any atom is -0.493 e. The molecule has 1 heterocycles. The van der Waals surface area contributed by atoms with Crippen LogP contribution in [0.4, 0.5) is 5.69 Å². The van der Waals surface area contributed by atoms with Gasteiger partial charge in [-0.3, -0.25) is 0 Å². The highest BCUT2D eigenvalue weighted by Crippen LogP contribution is 2.34. The summed E-state index contributed by atoms with van der Waals surface area (Å²) in [5, 5.41) is 3.45. The molecule has 2 rings (SSSR count). The van der Waals surface area contributed by atoms with Crippen LogP contribution in [-0.2, 0) is 0 Å². The minimum absolute atomic E-state index is 0. The molecule has 0 radical (unpaired) electrons. The first-order valence-corrected chi connectivity index (χ1v) is 7.92. The van der Waals surface area contributed by atoms with Gasteiger partial charge in [0.05, 0.1) is 14.2 Å². The third-order valence-corrected chi connectivity index (χ3v) is 4.43. The molecule has 0 bridgehead atoms. The number of nitrogens with zero attached hydrogens (tertiary/aromatic N) is 1. The molecule has 1 N–H and O–H groups in total. The molecule has 22 heavy (non-hydrogen) atoms. The quantitative estimate of drug-likeness (QED) is 0.866. The van der Waals surface area contributed by atoms with Crippen LogP contribution in [0.3, 0.4) is 0 Å². The van der Waals surface area contributed by atoms with Crippen LogP contribution in [0.25, 0.3) is 0 Å². The van der Waals surface area contributed by atoms with E-state index in [0.29, 0.717) is 12.1 Å². The van der Waals surface area contributed by atoms with E-state index in [4.69, 9.17) is 9.47 Å². The lowest BCUT2D eigenvalue weighted by atomic mass is 10.0. The fourth-order valence-electron chi connectivity index (χ4n) is 3.09. The van der Waals surface area contributed by atoms with E-state index in [9.17, 15) is 0 Å². The Hall–Kier alpha value is -1.13. The Kier molecular flexibility index (Phi) is 7.83. The molecule has 1 aliphatic rings. The van der Waals surface area contributed by atoms with E-state index < -0.39 is 0 Å². The molecule has 4 nitrogen and oxygen atoms in total. The van der Waals surface area contributed by atoms with Gasteiger partial charge in [-0.05, 0) is 51.4 Å². The Morgan fingerprint density at radius 2 is 1.82 bits per heavy atom. The Labute approximate surface area is 140 Å². The lowest BCUT2D eigenvalue weighted by Crippen LogP contribution is -2.47. The van der Waals surface area contributed by atoms with Crippen LogP contribution in [0.2, 0.25) is 0 Å². The Morgan fingerprint density at radius 3 is 2.36 bits per heavy atom. The van der Waals surface area contributed by atoms with Crippen molar-refractivity contribution >= 4 is 18.1 Å². The van der Waals surface area contributed by atoms with Crippen LogP contribution in [0.15, 0.2) is 18.2 Å². The van der Waals surface area contributed by atoms with Gasteiger partial charge in [0.1, 0.15) is 0 Å². The number of benzene rings is 1. The van der Waals surface area contributed by atoms with Crippen molar-refractivity contribution in [3.63, 3.8) is 0 Å². The average molecular weight is 329 g/mol. The first kappa shape index (κ1) is 18.9. The second-order valence-electron chi connectivity index (χ2n) is 5.68. The Balaban J connectivity index is 0.00000242. The molecule has 1 saturated heterocycles. The van der Waals surface area contributed by atoms with Crippen molar-refractivity contribution in [3.05, 3.63) is 18.2 Å². The van der Waals surface area contributed by atoms with Crippen molar-refractivity contribution in [2.45, 2.75) is 45.2 Å². The van der Waals surface area contributed by atoms with Gasteiger partial charge in [0.15, 0.2) is 11.5 Å². The predicted octanol–water partition coefficient (Wildman–Crippen LogP) is 3.48. The number of ether oxygens (including phenoxy) is 2. The van der Waals surface area contributed by atoms with E-state index >= 15 is 0 Å². The number of hydrogen-bond acceptors (Lipinski definition) is 4. The van der Waals surface area contributed by atoms with Gasteiger partial charge in [-0.25, -0.2) is 0 Å². The molecule has 0 saturated carbocycles. The molecule has 0 amide bonds. The van der Waals surface area contributed by atoms with E-state index in [2.05, 4.69) is 36.2 Å². The fraction of sp³-hybridized carbons (Fsp3) is 0.647. The predicted molar refractivity (Wildman–Crippen MR) is 94.9 cm³/mol. The number of rotatable bonds is 6. The third-order valence-electron chi connectivity index (χ3n) is 4.43. The molecule has 1 aromatic rings. The standard InChI is InChI=1S/C17H28N2O2.ClH/c1-5-13(2)19(14-8-10-18-11-9-14)15-6-7-16(20-3)17(12-15)21-4;/h6-7,12-14,18H,5,8-11H2,1-4H3;1H. The lowest BCUT2D eigenvalue weighted by Gasteiger charge is -2.40. The lowest BCUT2D eigenvalue weighted by molar-refractivity contribution is 0.354. The van der Waals surface area contributed by atoms with E-state index in [-0.39, 0.29) is 12.4 Å². The van der Waals surface area contributed by atoms with Crippen LogP contribution < -0.4 is 19.7 Å². The smallest absolute Gasteiger partial charge is 0.162 e. The van der Waals surface area contributed by atoms with Crippen molar-refractivity contribution in [2.24, 2.45) is 0 Å². The molecule has 1 unspecified atom stereocenters. The zero-order chi connectivity index (χ0) is 15.2. The van der Waals surface area contributed by atoms with E-state index in [1.54, 1.807) is 14.2 Å². The minimum atomic E-state index is 0. The van der Waals surface area contributed by atoms with Gasteiger partial charge < -0.3 is 19.7 Å². The summed E-state index contributed by atoms with van der Waals surface area (Å²) in [5.74, 6) is 1.59. The van der Waals surface area contributed by atoms with Crippen molar-refractivity contribution in [3.8, 4) is 11.5 Å². The Bertz CT molecular complexity index is 450. The number of halogens is 1. The molecule has 0 spiro atoms. The summed E-state index contributed by atoms with van der Waals surface area (Å²) in [5.41, 5.74) is 1.23. The number of piperidine rings is 1. The fourth-order valence-corrected chi connectivity index (χ4v) is 3.09. The van der Waals surface area contributed by atoms with Crippen LogP contribution in [-0.4, -0.2) is 39.4 Å². The molecule has 5 heteroatoms. The average Bonchev–Trinajstić information content (AvgIpc) is 2.55. The monoisotopic (exact) mass is 328 g/mol. The van der Waals surface area contributed by atoms with Crippen LogP contribution >= 0.6 is 12.4 Å². The largest absolute Gasteiger partial charge is 0.493 e. The molecular weight excluding hydrogens is 300 g/mol. The zero-order valence-electron chi connectivity index (χ0n) is 14.1. The molecule has 1 atom stereocenters. The van der Waals surface area contributed by atoms with Gasteiger partial charge >= 0.3 is 0 Å². The van der Waals surface area contributed by atoms with E-state index in [1.165, 1.54) is 18.5 Å². The first-order valence-electron chi connectivity index (χ1n) is 7.92. The van der Waals surface area contributed by atoms with Gasteiger partial charge in [-0.15, -0.1) is 12.4 Å². The maximum Gasteiger partial charge on any atom is 0.162 e. The first-order chi connectivity index (χ1) is 10.2.